The van der Waals surface area contributed by atoms with Crippen molar-refractivity contribution in [3.8, 4) is 5.75 Å². The van der Waals surface area contributed by atoms with Crippen molar-refractivity contribution in [2.75, 3.05) is 12.4 Å². The van der Waals surface area contributed by atoms with Crippen LogP contribution >= 0.6 is 0 Å². The predicted molar refractivity (Wildman–Crippen MR) is 74.1 cm³/mol. The Labute approximate surface area is 111 Å². The Bertz CT molecular complexity index is 611. The summed E-state index contributed by atoms with van der Waals surface area (Å²) in [6.07, 6.45) is 0. The number of nitro groups is 1. The number of nitrogens with zero attached hydrogens (tertiary/aromatic N) is 1. The van der Waals surface area contributed by atoms with E-state index in [0.29, 0.717) is 11.4 Å². The van der Waals surface area contributed by atoms with Crippen LogP contribution in [-0.4, -0.2) is 12.0 Å². The van der Waals surface area contributed by atoms with E-state index in [2.05, 4.69) is 5.32 Å². The Morgan fingerprint density at radius 2 is 1.95 bits per heavy atom. The van der Waals surface area contributed by atoms with Crippen molar-refractivity contribution in [3.05, 3.63) is 58.1 Å². The van der Waals surface area contributed by atoms with Crippen molar-refractivity contribution in [2.45, 2.75) is 6.92 Å². The lowest BCUT2D eigenvalue weighted by Crippen LogP contribution is -1.97. The second kappa shape index (κ2) is 5.39. The van der Waals surface area contributed by atoms with Crippen LogP contribution in [0.5, 0.6) is 5.75 Å². The molecule has 0 saturated heterocycles. The fraction of sp³-hybridized carbons (Fsp3) is 0.143. The Hall–Kier alpha value is -2.56. The number of aryl methyl sites for hydroxylation is 1. The fourth-order valence-corrected chi connectivity index (χ4v) is 1.83. The van der Waals surface area contributed by atoms with Gasteiger partial charge in [0.15, 0.2) is 0 Å². The number of hydrogen-bond donors (Lipinski definition) is 1. The summed E-state index contributed by atoms with van der Waals surface area (Å²) < 4.78 is 5.18. The first-order chi connectivity index (χ1) is 9.10. The number of benzene rings is 2. The molecule has 0 heterocycles. The summed E-state index contributed by atoms with van der Waals surface area (Å²) in [6, 6.07) is 12.1. The van der Waals surface area contributed by atoms with Crippen molar-refractivity contribution in [2.24, 2.45) is 0 Å². The molecule has 0 atom stereocenters. The minimum atomic E-state index is -0.407. The molecular formula is C14H14N2O3. The lowest BCUT2D eigenvalue weighted by molar-refractivity contribution is -0.383. The summed E-state index contributed by atoms with van der Waals surface area (Å²) in [5, 5.41) is 14.0. The highest BCUT2D eigenvalue weighted by Crippen LogP contribution is 2.29. The Balaban J connectivity index is 2.36. The molecule has 0 aliphatic heterocycles. The van der Waals surface area contributed by atoms with Crippen LogP contribution in [0.1, 0.15) is 5.56 Å². The second-order valence-electron chi connectivity index (χ2n) is 4.14. The number of nitro benzene ring substituents is 1. The van der Waals surface area contributed by atoms with Crippen LogP contribution in [0, 0.1) is 17.0 Å². The monoisotopic (exact) mass is 258 g/mol. The van der Waals surface area contributed by atoms with E-state index in [1.54, 1.807) is 31.4 Å². The van der Waals surface area contributed by atoms with Crippen LogP contribution < -0.4 is 10.1 Å². The van der Waals surface area contributed by atoms with E-state index in [4.69, 9.17) is 4.74 Å². The number of anilines is 2. The minimum absolute atomic E-state index is 0.0444. The van der Waals surface area contributed by atoms with E-state index < -0.39 is 4.92 Å². The molecule has 0 bridgehead atoms. The number of rotatable bonds is 4. The predicted octanol–water partition coefficient (Wildman–Crippen LogP) is 3.66. The van der Waals surface area contributed by atoms with Gasteiger partial charge in [-0.05, 0) is 30.7 Å². The highest BCUT2D eigenvalue weighted by molar-refractivity contribution is 5.70. The maximum absolute atomic E-state index is 10.9. The van der Waals surface area contributed by atoms with Crippen molar-refractivity contribution < 1.29 is 9.66 Å². The van der Waals surface area contributed by atoms with Gasteiger partial charge in [0.05, 0.1) is 12.0 Å². The van der Waals surface area contributed by atoms with Crippen LogP contribution in [0.25, 0.3) is 0 Å². The molecule has 0 aliphatic carbocycles. The standard InChI is InChI=1S/C14H14N2O3/c1-10-7-11(9-12(8-10)19-2)15-13-5-3-4-6-14(13)16(17)18/h3-9,15H,1-2H3. The molecule has 19 heavy (non-hydrogen) atoms. The minimum Gasteiger partial charge on any atom is -0.497 e. The largest absolute Gasteiger partial charge is 0.497 e. The van der Waals surface area contributed by atoms with Gasteiger partial charge in [0.25, 0.3) is 5.69 Å². The van der Waals surface area contributed by atoms with E-state index in [0.717, 1.165) is 11.3 Å². The molecule has 2 aromatic carbocycles. The van der Waals surface area contributed by atoms with Gasteiger partial charge in [0.2, 0.25) is 0 Å². The van der Waals surface area contributed by atoms with Gasteiger partial charge >= 0.3 is 0 Å². The smallest absolute Gasteiger partial charge is 0.292 e. The van der Waals surface area contributed by atoms with Gasteiger partial charge < -0.3 is 10.1 Å². The zero-order chi connectivity index (χ0) is 13.8. The molecule has 98 valence electrons. The molecule has 0 spiro atoms. The Morgan fingerprint density at radius 3 is 2.63 bits per heavy atom. The van der Waals surface area contributed by atoms with Crippen molar-refractivity contribution in [1.29, 1.82) is 0 Å². The molecule has 5 heteroatoms. The van der Waals surface area contributed by atoms with Gasteiger partial charge in [-0.15, -0.1) is 0 Å². The van der Waals surface area contributed by atoms with Crippen LogP contribution in [0.3, 0.4) is 0 Å². The summed E-state index contributed by atoms with van der Waals surface area (Å²) in [6.45, 7) is 1.94. The molecule has 0 radical (unpaired) electrons. The summed E-state index contributed by atoms with van der Waals surface area (Å²) in [4.78, 5) is 10.5. The average molecular weight is 258 g/mol. The number of methoxy groups -OCH3 is 1. The molecule has 1 N–H and O–H groups in total. The summed E-state index contributed by atoms with van der Waals surface area (Å²) >= 11 is 0. The van der Waals surface area contributed by atoms with Gasteiger partial charge in [-0.25, -0.2) is 0 Å². The lowest BCUT2D eigenvalue weighted by Gasteiger charge is -2.09. The zero-order valence-corrected chi connectivity index (χ0v) is 10.7. The highest BCUT2D eigenvalue weighted by Gasteiger charge is 2.12. The van der Waals surface area contributed by atoms with Gasteiger partial charge in [-0.3, -0.25) is 10.1 Å². The molecule has 0 saturated carbocycles. The van der Waals surface area contributed by atoms with Crippen molar-refractivity contribution >= 4 is 17.1 Å². The molecule has 0 amide bonds. The number of hydrogen-bond acceptors (Lipinski definition) is 4. The Kier molecular flexibility index (Phi) is 3.66. The maximum atomic E-state index is 10.9. The van der Waals surface area contributed by atoms with Crippen LogP contribution in [0.4, 0.5) is 17.1 Å². The average Bonchev–Trinajstić information content (AvgIpc) is 2.38. The third-order valence-electron chi connectivity index (χ3n) is 2.67. The van der Waals surface area contributed by atoms with Crippen LogP contribution in [0.2, 0.25) is 0 Å². The summed E-state index contributed by atoms with van der Waals surface area (Å²) in [5.74, 6) is 0.709. The second-order valence-corrected chi connectivity index (χ2v) is 4.14. The van der Waals surface area contributed by atoms with Gasteiger partial charge in [0, 0.05) is 17.8 Å². The van der Waals surface area contributed by atoms with Crippen molar-refractivity contribution in [1.82, 2.24) is 0 Å². The third kappa shape index (κ3) is 3.01. The van der Waals surface area contributed by atoms with Gasteiger partial charge in [-0.2, -0.15) is 0 Å². The van der Waals surface area contributed by atoms with Crippen LogP contribution in [0.15, 0.2) is 42.5 Å². The summed E-state index contributed by atoms with van der Waals surface area (Å²) in [7, 11) is 1.59. The maximum Gasteiger partial charge on any atom is 0.292 e. The van der Waals surface area contributed by atoms with E-state index in [1.165, 1.54) is 6.07 Å². The van der Waals surface area contributed by atoms with Gasteiger partial charge in [-0.1, -0.05) is 12.1 Å². The zero-order valence-electron chi connectivity index (χ0n) is 10.7. The highest BCUT2D eigenvalue weighted by atomic mass is 16.6. The number of para-hydroxylation sites is 2. The van der Waals surface area contributed by atoms with Gasteiger partial charge in [0.1, 0.15) is 11.4 Å². The van der Waals surface area contributed by atoms with Crippen molar-refractivity contribution in [3.63, 3.8) is 0 Å². The summed E-state index contributed by atoms with van der Waals surface area (Å²) in [5.41, 5.74) is 2.27. The fourth-order valence-electron chi connectivity index (χ4n) is 1.83. The van der Waals surface area contributed by atoms with E-state index >= 15 is 0 Å². The number of nitrogens with one attached hydrogen (secondary N) is 1. The third-order valence-corrected chi connectivity index (χ3v) is 2.67. The quantitative estimate of drug-likeness (QED) is 0.671. The first-order valence-electron chi connectivity index (χ1n) is 5.76. The first kappa shape index (κ1) is 12.9. The Morgan fingerprint density at radius 1 is 1.21 bits per heavy atom. The molecular weight excluding hydrogens is 244 g/mol. The molecule has 0 aromatic heterocycles. The van der Waals surface area contributed by atoms with E-state index in [-0.39, 0.29) is 5.69 Å². The number of ether oxygens (including phenoxy) is 1. The lowest BCUT2D eigenvalue weighted by atomic mass is 10.2. The first-order valence-corrected chi connectivity index (χ1v) is 5.76. The van der Waals surface area contributed by atoms with E-state index in [1.807, 2.05) is 19.1 Å². The molecule has 0 aliphatic rings. The topological polar surface area (TPSA) is 64.4 Å². The molecule has 2 aromatic rings. The molecule has 0 unspecified atom stereocenters. The normalized spacial score (nSPS) is 10.0. The van der Waals surface area contributed by atoms with Crippen LogP contribution in [-0.2, 0) is 0 Å². The molecule has 5 nitrogen and oxygen atoms in total. The molecule has 0 fully saturated rings. The SMILES string of the molecule is COc1cc(C)cc(Nc2ccccc2[N+](=O)[O-])c1. The van der Waals surface area contributed by atoms with E-state index in [9.17, 15) is 10.1 Å². The molecule has 2 rings (SSSR count).